The molecule has 5 nitrogen and oxygen atoms in total. The van der Waals surface area contributed by atoms with Gasteiger partial charge >= 0.3 is 5.97 Å². The molecule has 134 valence electrons. The van der Waals surface area contributed by atoms with Crippen LogP contribution in [0.25, 0.3) is 21.5 Å². The number of benzene rings is 2. The minimum absolute atomic E-state index is 0.0691. The number of fused-ring (bicyclic) bond motifs is 1. The van der Waals surface area contributed by atoms with Crippen LogP contribution in [-0.4, -0.2) is 21.0 Å². The molecule has 27 heavy (non-hydrogen) atoms. The fourth-order valence-electron chi connectivity index (χ4n) is 2.76. The van der Waals surface area contributed by atoms with Gasteiger partial charge in [0.15, 0.2) is 0 Å². The molecule has 8 heteroatoms. The number of carboxylic acid groups (broad SMARTS) is 1. The number of aromatic nitrogens is 2. The number of thiazole rings is 1. The highest BCUT2D eigenvalue weighted by Gasteiger charge is 2.17. The van der Waals surface area contributed by atoms with Gasteiger partial charge in [-0.25, -0.2) is 9.78 Å². The number of carbonyl (C=O) groups is 1. The van der Waals surface area contributed by atoms with Crippen LogP contribution in [-0.2, 0) is 0 Å². The van der Waals surface area contributed by atoms with Crippen LogP contribution in [0.15, 0.2) is 54.2 Å². The Morgan fingerprint density at radius 2 is 1.85 bits per heavy atom. The Morgan fingerprint density at radius 3 is 2.59 bits per heavy atom. The topological polar surface area (TPSA) is 75.1 Å². The van der Waals surface area contributed by atoms with Gasteiger partial charge in [0.05, 0.1) is 28.0 Å². The highest BCUT2D eigenvalue weighted by atomic mass is 35.5. The molecule has 2 N–H and O–H groups in total. The number of halogens is 2. The zero-order valence-corrected chi connectivity index (χ0v) is 15.9. The lowest BCUT2D eigenvalue weighted by atomic mass is 10.1. The van der Waals surface area contributed by atoms with Gasteiger partial charge in [0.2, 0.25) is 0 Å². The summed E-state index contributed by atoms with van der Waals surface area (Å²) >= 11 is 13.6. The summed E-state index contributed by atoms with van der Waals surface area (Å²) in [6.07, 6.45) is 3.42. The molecule has 4 rings (SSSR count). The van der Waals surface area contributed by atoms with Gasteiger partial charge in [-0.3, -0.25) is 4.98 Å². The van der Waals surface area contributed by atoms with Crippen molar-refractivity contribution in [3.63, 3.8) is 0 Å². The SMILES string of the molecule is O=C(O)c1cc(Cl)ccc1Nc1c(-c2nccs2)cnc2ccc(Cl)cc12. The highest BCUT2D eigenvalue weighted by molar-refractivity contribution is 7.13. The highest BCUT2D eigenvalue weighted by Crippen LogP contribution is 2.38. The second kappa shape index (κ2) is 7.15. The van der Waals surface area contributed by atoms with Crippen LogP contribution >= 0.6 is 34.5 Å². The molecule has 2 heterocycles. The van der Waals surface area contributed by atoms with E-state index in [1.807, 2.05) is 11.4 Å². The van der Waals surface area contributed by atoms with Crippen molar-refractivity contribution < 1.29 is 9.90 Å². The Labute approximate surface area is 168 Å². The van der Waals surface area contributed by atoms with Crippen LogP contribution in [0.2, 0.25) is 10.0 Å². The van der Waals surface area contributed by atoms with Gasteiger partial charge in [0, 0.05) is 33.2 Å². The molecule has 0 radical (unpaired) electrons. The zero-order valence-electron chi connectivity index (χ0n) is 13.6. The van der Waals surface area contributed by atoms with Crippen LogP contribution in [0.3, 0.4) is 0 Å². The van der Waals surface area contributed by atoms with Crippen LogP contribution in [0.5, 0.6) is 0 Å². The van der Waals surface area contributed by atoms with E-state index in [1.165, 1.54) is 17.4 Å². The smallest absolute Gasteiger partial charge is 0.337 e. The first kappa shape index (κ1) is 17.7. The van der Waals surface area contributed by atoms with Crippen molar-refractivity contribution in [3.8, 4) is 10.6 Å². The van der Waals surface area contributed by atoms with E-state index < -0.39 is 5.97 Å². The minimum atomic E-state index is -1.08. The van der Waals surface area contributed by atoms with Gasteiger partial charge in [0.1, 0.15) is 5.01 Å². The average molecular weight is 416 g/mol. The predicted molar refractivity (Wildman–Crippen MR) is 110 cm³/mol. The number of aromatic carboxylic acids is 1. The number of rotatable bonds is 4. The number of nitrogens with one attached hydrogen (secondary N) is 1. The van der Waals surface area contributed by atoms with Crippen molar-refractivity contribution in [1.82, 2.24) is 9.97 Å². The predicted octanol–water partition coefficient (Wildman–Crippen LogP) is 6.11. The third-order valence-corrected chi connectivity index (χ3v) is 5.24. The molecule has 4 aromatic rings. The summed E-state index contributed by atoms with van der Waals surface area (Å²) < 4.78 is 0. The summed E-state index contributed by atoms with van der Waals surface area (Å²) in [7, 11) is 0. The summed E-state index contributed by atoms with van der Waals surface area (Å²) in [6.45, 7) is 0. The normalized spacial score (nSPS) is 10.9. The lowest BCUT2D eigenvalue weighted by molar-refractivity contribution is 0.0698. The molecule has 0 saturated carbocycles. The standard InChI is InChI=1S/C19H11Cl2N3O2S/c20-10-1-3-15-12(7-10)17(14(9-23-15)18-22-5-6-27-18)24-16-4-2-11(21)8-13(16)19(25)26/h1-9H,(H,23,24)(H,25,26). The molecule has 2 aromatic heterocycles. The second-order valence-corrected chi connectivity index (χ2v) is 7.43. The first-order valence-electron chi connectivity index (χ1n) is 7.81. The molecule has 0 atom stereocenters. The Morgan fingerprint density at radius 1 is 1.07 bits per heavy atom. The maximum atomic E-state index is 11.7. The quantitative estimate of drug-likeness (QED) is 0.420. The maximum absolute atomic E-state index is 11.7. The van der Waals surface area contributed by atoms with Gasteiger partial charge < -0.3 is 10.4 Å². The Bertz CT molecular complexity index is 1160. The number of pyridine rings is 1. The molecular weight excluding hydrogens is 405 g/mol. The zero-order chi connectivity index (χ0) is 19.0. The molecule has 0 aliphatic rings. The molecular formula is C19H11Cl2N3O2S. The third kappa shape index (κ3) is 3.47. The summed E-state index contributed by atoms with van der Waals surface area (Å²) in [5, 5.41) is 17.1. The van der Waals surface area contributed by atoms with Crippen LogP contribution in [0.1, 0.15) is 10.4 Å². The fourth-order valence-corrected chi connectivity index (χ4v) is 3.75. The van der Waals surface area contributed by atoms with Gasteiger partial charge in [-0.1, -0.05) is 23.2 Å². The lowest BCUT2D eigenvalue weighted by Gasteiger charge is -2.15. The van der Waals surface area contributed by atoms with E-state index in [9.17, 15) is 9.90 Å². The summed E-state index contributed by atoms with van der Waals surface area (Å²) in [5.74, 6) is -1.08. The third-order valence-electron chi connectivity index (χ3n) is 3.96. The first-order chi connectivity index (χ1) is 13.0. The Hall–Kier alpha value is -2.67. The van der Waals surface area contributed by atoms with Crippen LogP contribution < -0.4 is 5.32 Å². The molecule has 0 aliphatic carbocycles. The van der Waals surface area contributed by atoms with Crippen molar-refractivity contribution in [2.75, 3.05) is 5.32 Å². The maximum Gasteiger partial charge on any atom is 0.337 e. The van der Waals surface area contributed by atoms with E-state index in [-0.39, 0.29) is 5.56 Å². The molecule has 0 spiro atoms. The Kier molecular flexibility index (Phi) is 4.70. The van der Waals surface area contributed by atoms with Crippen molar-refractivity contribution in [3.05, 3.63) is 69.8 Å². The monoisotopic (exact) mass is 415 g/mol. The van der Waals surface area contributed by atoms with E-state index in [4.69, 9.17) is 23.2 Å². The fraction of sp³-hybridized carbons (Fsp3) is 0. The van der Waals surface area contributed by atoms with Crippen molar-refractivity contribution in [2.24, 2.45) is 0 Å². The van der Waals surface area contributed by atoms with Crippen molar-refractivity contribution >= 4 is 62.8 Å². The van der Waals surface area contributed by atoms with Crippen LogP contribution in [0.4, 0.5) is 11.4 Å². The van der Waals surface area contributed by atoms with E-state index in [1.54, 1.807) is 36.7 Å². The van der Waals surface area contributed by atoms with E-state index in [0.717, 1.165) is 21.5 Å². The Balaban J connectivity index is 1.96. The molecule has 0 bridgehead atoms. The lowest BCUT2D eigenvalue weighted by Crippen LogP contribution is -2.04. The molecule has 2 aromatic carbocycles. The summed E-state index contributed by atoms with van der Waals surface area (Å²) in [5.41, 5.74) is 2.65. The molecule has 0 aliphatic heterocycles. The van der Waals surface area contributed by atoms with E-state index in [0.29, 0.717) is 21.4 Å². The summed E-state index contributed by atoms with van der Waals surface area (Å²) in [4.78, 5) is 20.5. The molecule has 0 saturated heterocycles. The van der Waals surface area contributed by atoms with Crippen molar-refractivity contribution in [2.45, 2.75) is 0 Å². The van der Waals surface area contributed by atoms with E-state index in [2.05, 4.69) is 15.3 Å². The number of hydrogen-bond donors (Lipinski definition) is 2. The van der Waals surface area contributed by atoms with Gasteiger partial charge in [-0.2, -0.15) is 0 Å². The van der Waals surface area contributed by atoms with Crippen LogP contribution in [0, 0.1) is 0 Å². The summed E-state index contributed by atoms with van der Waals surface area (Å²) in [6, 6.07) is 10.0. The minimum Gasteiger partial charge on any atom is -0.478 e. The van der Waals surface area contributed by atoms with Gasteiger partial charge in [-0.05, 0) is 36.4 Å². The number of anilines is 2. The largest absolute Gasteiger partial charge is 0.478 e. The number of nitrogens with zero attached hydrogens (tertiary/aromatic N) is 2. The van der Waals surface area contributed by atoms with Gasteiger partial charge in [0.25, 0.3) is 0 Å². The molecule has 0 amide bonds. The number of hydrogen-bond acceptors (Lipinski definition) is 5. The molecule has 0 fully saturated rings. The number of carboxylic acids is 1. The molecule has 0 unspecified atom stereocenters. The average Bonchev–Trinajstić information content (AvgIpc) is 3.17. The first-order valence-corrected chi connectivity index (χ1v) is 9.44. The second-order valence-electron chi connectivity index (χ2n) is 5.67. The van der Waals surface area contributed by atoms with Gasteiger partial charge in [-0.15, -0.1) is 11.3 Å². The van der Waals surface area contributed by atoms with E-state index >= 15 is 0 Å². The van der Waals surface area contributed by atoms with Crippen molar-refractivity contribution in [1.29, 1.82) is 0 Å².